The van der Waals surface area contributed by atoms with Gasteiger partial charge in [-0.15, -0.1) is 0 Å². The molecule has 2 aromatic carbocycles. The van der Waals surface area contributed by atoms with Crippen molar-refractivity contribution in [2.45, 2.75) is 31.1 Å². The number of aryl methyl sites for hydroxylation is 1. The zero-order valence-electron chi connectivity index (χ0n) is 15.9. The lowest BCUT2D eigenvalue weighted by molar-refractivity contribution is -0.119. The molecule has 1 aliphatic rings. The van der Waals surface area contributed by atoms with Crippen molar-refractivity contribution in [3.63, 3.8) is 0 Å². The summed E-state index contributed by atoms with van der Waals surface area (Å²) in [5.74, 6) is 1.57. The lowest BCUT2D eigenvalue weighted by Crippen LogP contribution is -2.24. The van der Waals surface area contributed by atoms with E-state index < -0.39 is 0 Å². The third-order valence-corrected chi connectivity index (χ3v) is 5.50. The van der Waals surface area contributed by atoms with E-state index in [1.54, 1.807) is 14.2 Å². The van der Waals surface area contributed by atoms with Gasteiger partial charge in [0.05, 0.1) is 19.5 Å². The first-order valence-electron chi connectivity index (χ1n) is 9.04. The minimum absolute atomic E-state index is 0.199. The van der Waals surface area contributed by atoms with Crippen molar-refractivity contribution in [2.75, 3.05) is 14.2 Å². The van der Waals surface area contributed by atoms with Gasteiger partial charge < -0.3 is 14.2 Å². The first-order valence-corrected chi connectivity index (χ1v) is 9.91. The first-order chi connectivity index (χ1) is 13.6. The lowest BCUT2D eigenvalue weighted by Gasteiger charge is -2.16. The van der Waals surface area contributed by atoms with Crippen molar-refractivity contribution in [3.8, 4) is 17.2 Å². The molecular formula is C21H23NO5S. The molecule has 0 spiro atoms. The smallest absolute Gasteiger partial charge is 0.286 e. The molecular weight excluding hydrogens is 378 g/mol. The molecule has 0 bridgehead atoms. The fourth-order valence-corrected chi connectivity index (χ4v) is 3.89. The van der Waals surface area contributed by atoms with Crippen LogP contribution in [-0.4, -0.2) is 30.6 Å². The van der Waals surface area contributed by atoms with Crippen LogP contribution in [0.15, 0.2) is 42.5 Å². The van der Waals surface area contributed by atoms with Crippen LogP contribution in [0.1, 0.15) is 24.0 Å². The molecule has 0 aromatic heterocycles. The summed E-state index contributed by atoms with van der Waals surface area (Å²) in [6.45, 7) is 0.412. The molecule has 0 saturated carbocycles. The molecule has 1 N–H and O–H groups in total. The Labute approximate surface area is 168 Å². The van der Waals surface area contributed by atoms with Gasteiger partial charge in [0.1, 0.15) is 6.61 Å². The summed E-state index contributed by atoms with van der Waals surface area (Å²) >= 11 is 1.06. The Hall–Kier alpha value is -2.67. The second-order valence-electron chi connectivity index (χ2n) is 6.38. The molecule has 6 nitrogen and oxygen atoms in total. The van der Waals surface area contributed by atoms with E-state index in [0.29, 0.717) is 30.3 Å². The van der Waals surface area contributed by atoms with Crippen LogP contribution in [0.2, 0.25) is 0 Å². The van der Waals surface area contributed by atoms with Crippen LogP contribution in [0.3, 0.4) is 0 Å². The van der Waals surface area contributed by atoms with Crippen LogP contribution in [-0.2, 0) is 17.8 Å². The number of benzene rings is 2. The number of methoxy groups -OCH3 is 2. The topological polar surface area (TPSA) is 73.9 Å². The summed E-state index contributed by atoms with van der Waals surface area (Å²) in [4.78, 5) is 22.9. The predicted octanol–water partition coefficient (Wildman–Crippen LogP) is 3.96. The molecule has 7 heteroatoms. The summed E-state index contributed by atoms with van der Waals surface area (Å²) in [7, 11) is 3.19. The Balaban J connectivity index is 1.66. The van der Waals surface area contributed by atoms with Gasteiger partial charge >= 0.3 is 0 Å². The van der Waals surface area contributed by atoms with Gasteiger partial charge in [-0.1, -0.05) is 42.1 Å². The van der Waals surface area contributed by atoms with Gasteiger partial charge in [-0.2, -0.15) is 0 Å². The number of rotatable bonds is 9. The molecule has 1 fully saturated rings. The number of carbonyl (C=O) groups is 2. The molecule has 2 aromatic rings. The predicted molar refractivity (Wildman–Crippen MR) is 108 cm³/mol. The number of nitrogens with one attached hydrogen (secondary N) is 1. The standard InChI is InChI=1S/C21H23NO5S/c1-25-16-11-15(9-6-10-18-20(23)22-21(24)28-18)12-17(26-2)19(16)27-13-14-7-4-3-5-8-14/h3-5,7-8,11-12,18H,6,9-10,13H2,1-2H3,(H,22,23,24). The van der Waals surface area contributed by atoms with Crippen molar-refractivity contribution < 1.29 is 23.8 Å². The Bertz CT molecular complexity index is 815. The average Bonchev–Trinajstić information content (AvgIpc) is 3.03. The van der Waals surface area contributed by atoms with Gasteiger partial charge in [0.15, 0.2) is 11.5 Å². The number of carbonyl (C=O) groups excluding carboxylic acids is 2. The Morgan fingerprint density at radius 1 is 1.00 bits per heavy atom. The highest BCUT2D eigenvalue weighted by molar-refractivity contribution is 8.15. The van der Waals surface area contributed by atoms with E-state index in [0.717, 1.165) is 35.7 Å². The fraction of sp³-hybridized carbons (Fsp3) is 0.333. The molecule has 1 saturated heterocycles. The molecule has 3 rings (SSSR count). The highest BCUT2D eigenvalue weighted by atomic mass is 32.2. The number of ether oxygens (including phenoxy) is 3. The summed E-state index contributed by atoms with van der Waals surface area (Å²) in [5, 5.41) is 1.75. The minimum Gasteiger partial charge on any atom is -0.493 e. The maximum Gasteiger partial charge on any atom is 0.286 e. The summed E-state index contributed by atoms with van der Waals surface area (Å²) in [6.07, 6.45) is 2.15. The van der Waals surface area contributed by atoms with Gasteiger partial charge in [0.25, 0.3) is 5.24 Å². The van der Waals surface area contributed by atoms with E-state index in [-0.39, 0.29) is 16.4 Å². The van der Waals surface area contributed by atoms with Crippen molar-refractivity contribution in [1.29, 1.82) is 0 Å². The highest BCUT2D eigenvalue weighted by Gasteiger charge is 2.30. The minimum atomic E-state index is -0.301. The van der Waals surface area contributed by atoms with Gasteiger partial charge in [0, 0.05) is 0 Å². The quantitative estimate of drug-likeness (QED) is 0.686. The largest absolute Gasteiger partial charge is 0.493 e. The number of thioether (sulfide) groups is 1. The Kier molecular flexibility index (Phi) is 6.81. The molecule has 0 aliphatic carbocycles. The third kappa shape index (κ3) is 4.98. The maximum absolute atomic E-state index is 11.7. The highest BCUT2D eigenvalue weighted by Crippen LogP contribution is 2.39. The van der Waals surface area contributed by atoms with Crippen LogP contribution in [0, 0.1) is 0 Å². The van der Waals surface area contributed by atoms with Gasteiger partial charge in [-0.05, 0) is 42.5 Å². The van der Waals surface area contributed by atoms with Gasteiger partial charge in [-0.25, -0.2) is 0 Å². The molecule has 1 heterocycles. The Morgan fingerprint density at radius 3 is 2.25 bits per heavy atom. The zero-order valence-corrected chi connectivity index (χ0v) is 16.7. The first kappa shape index (κ1) is 20.1. The summed E-state index contributed by atoms with van der Waals surface area (Å²) in [5.41, 5.74) is 2.08. The van der Waals surface area contributed by atoms with Crippen LogP contribution in [0.5, 0.6) is 17.2 Å². The molecule has 1 aliphatic heterocycles. The normalized spacial score (nSPS) is 16.0. The van der Waals surface area contributed by atoms with Crippen molar-refractivity contribution in [1.82, 2.24) is 5.32 Å². The van der Waals surface area contributed by atoms with E-state index in [1.165, 1.54) is 0 Å². The van der Waals surface area contributed by atoms with Crippen molar-refractivity contribution >= 4 is 22.9 Å². The van der Waals surface area contributed by atoms with Gasteiger partial charge in [-0.3, -0.25) is 14.9 Å². The SMILES string of the molecule is COc1cc(CCCC2SC(=O)NC2=O)cc(OC)c1OCc1ccccc1. The van der Waals surface area contributed by atoms with Crippen LogP contribution in [0.25, 0.3) is 0 Å². The molecule has 0 radical (unpaired) electrons. The third-order valence-electron chi connectivity index (χ3n) is 4.45. The van der Waals surface area contributed by atoms with E-state index >= 15 is 0 Å². The van der Waals surface area contributed by atoms with E-state index in [4.69, 9.17) is 14.2 Å². The number of amides is 2. The van der Waals surface area contributed by atoms with Gasteiger partial charge in [0.2, 0.25) is 11.7 Å². The van der Waals surface area contributed by atoms with Crippen molar-refractivity contribution in [2.24, 2.45) is 0 Å². The summed E-state index contributed by atoms with van der Waals surface area (Å²) in [6, 6.07) is 13.7. The monoisotopic (exact) mass is 401 g/mol. The maximum atomic E-state index is 11.7. The molecule has 2 amide bonds. The molecule has 148 valence electrons. The Morgan fingerprint density at radius 2 is 1.68 bits per heavy atom. The lowest BCUT2D eigenvalue weighted by atomic mass is 10.1. The number of hydrogen-bond donors (Lipinski definition) is 1. The van der Waals surface area contributed by atoms with E-state index in [2.05, 4.69) is 5.32 Å². The second-order valence-corrected chi connectivity index (χ2v) is 7.55. The van der Waals surface area contributed by atoms with E-state index in [9.17, 15) is 9.59 Å². The zero-order chi connectivity index (χ0) is 19.9. The molecule has 1 unspecified atom stereocenters. The average molecular weight is 401 g/mol. The van der Waals surface area contributed by atoms with Crippen LogP contribution in [0.4, 0.5) is 4.79 Å². The van der Waals surface area contributed by atoms with E-state index in [1.807, 2.05) is 42.5 Å². The second kappa shape index (κ2) is 9.50. The molecule has 28 heavy (non-hydrogen) atoms. The number of hydrogen-bond acceptors (Lipinski definition) is 6. The molecule has 1 atom stereocenters. The number of imide groups is 1. The van der Waals surface area contributed by atoms with Crippen LogP contribution < -0.4 is 19.5 Å². The van der Waals surface area contributed by atoms with Crippen molar-refractivity contribution in [3.05, 3.63) is 53.6 Å². The fourth-order valence-electron chi connectivity index (χ4n) is 3.03. The van der Waals surface area contributed by atoms with Crippen LogP contribution >= 0.6 is 11.8 Å². The summed E-state index contributed by atoms with van der Waals surface area (Å²) < 4.78 is 17.0.